The third-order valence-electron chi connectivity index (χ3n) is 3.51. The molecule has 0 spiro atoms. The minimum atomic E-state index is 0.393. The molecule has 1 N–H and O–H groups in total. The number of nitrogens with one attached hydrogen (secondary N) is 1. The van der Waals surface area contributed by atoms with E-state index in [0.29, 0.717) is 5.92 Å². The van der Waals surface area contributed by atoms with Gasteiger partial charge in [0.05, 0.1) is 5.69 Å². The van der Waals surface area contributed by atoms with E-state index < -0.39 is 0 Å². The van der Waals surface area contributed by atoms with Crippen LogP contribution >= 0.6 is 0 Å². The van der Waals surface area contributed by atoms with Crippen LogP contribution < -0.4 is 10.2 Å². The zero-order valence-corrected chi connectivity index (χ0v) is 10.9. The van der Waals surface area contributed by atoms with Gasteiger partial charge in [0.15, 0.2) is 5.58 Å². The number of benzene rings is 1. The number of rotatable bonds is 2. The smallest absolute Gasteiger partial charge is 0.167 e. The fraction of sp³-hybridized carbons (Fsp3) is 0.500. The Morgan fingerprint density at radius 2 is 2.06 bits per heavy atom. The third kappa shape index (κ3) is 1.97. The summed E-state index contributed by atoms with van der Waals surface area (Å²) >= 11 is 0. The monoisotopic (exact) mass is 245 g/mol. The Bertz CT molecular complexity index is 541. The first-order chi connectivity index (χ1) is 8.75. The van der Waals surface area contributed by atoms with Gasteiger partial charge in [-0.05, 0) is 24.1 Å². The Balaban J connectivity index is 2.00. The SMILES string of the molecule is CC(C)c1noc2ccc(N3CCNCC3)cc12. The maximum absolute atomic E-state index is 5.37. The van der Waals surface area contributed by atoms with Crippen LogP contribution in [0.5, 0.6) is 0 Å². The van der Waals surface area contributed by atoms with Crippen LogP contribution in [0.25, 0.3) is 11.0 Å². The molecule has 2 heterocycles. The lowest BCUT2D eigenvalue weighted by Gasteiger charge is -2.29. The van der Waals surface area contributed by atoms with Gasteiger partial charge >= 0.3 is 0 Å². The standard InChI is InChI=1S/C14H19N3O/c1-10(2)14-12-9-11(3-4-13(12)18-16-14)17-7-5-15-6-8-17/h3-4,9-10,15H,5-8H2,1-2H3. The summed E-state index contributed by atoms with van der Waals surface area (Å²) in [4.78, 5) is 2.41. The van der Waals surface area contributed by atoms with Gasteiger partial charge < -0.3 is 14.7 Å². The van der Waals surface area contributed by atoms with Crippen LogP contribution in [-0.4, -0.2) is 31.3 Å². The molecule has 18 heavy (non-hydrogen) atoms. The zero-order valence-electron chi connectivity index (χ0n) is 10.9. The van der Waals surface area contributed by atoms with Crippen molar-refractivity contribution in [3.63, 3.8) is 0 Å². The van der Waals surface area contributed by atoms with Crippen molar-refractivity contribution in [3.8, 4) is 0 Å². The van der Waals surface area contributed by atoms with Gasteiger partial charge in [0, 0.05) is 37.3 Å². The zero-order chi connectivity index (χ0) is 12.5. The molecule has 0 bridgehead atoms. The molecule has 1 aliphatic heterocycles. The van der Waals surface area contributed by atoms with E-state index >= 15 is 0 Å². The summed E-state index contributed by atoms with van der Waals surface area (Å²) in [6.07, 6.45) is 0. The van der Waals surface area contributed by atoms with Crippen molar-refractivity contribution in [3.05, 3.63) is 23.9 Å². The van der Waals surface area contributed by atoms with Gasteiger partial charge in [-0.15, -0.1) is 0 Å². The lowest BCUT2D eigenvalue weighted by molar-refractivity contribution is 0.441. The predicted molar refractivity (Wildman–Crippen MR) is 73.2 cm³/mol. The minimum absolute atomic E-state index is 0.393. The second-order valence-electron chi connectivity index (χ2n) is 5.14. The normalized spacial score (nSPS) is 16.7. The van der Waals surface area contributed by atoms with Crippen LogP contribution in [0, 0.1) is 0 Å². The maximum Gasteiger partial charge on any atom is 0.167 e. The van der Waals surface area contributed by atoms with E-state index in [4.69, 9.17) is 4.52 Å². The fourth-order valence-electron chi connectivity index (χ4n) is 2.48. The van der Waals surface area contributed by atoms with Crippen LogP contribution in [0.1, 0.15) is 25.5 Å². The fourth-order valence-corrected chi connectivity index (χ4v) is 2.48. The number of aromatic nitrogens is 1. The molecular weight excluding hydrogens is 226 g/mol. The van der Waals surface area contributed by atoms with E-state index in [1.807, 2.05) is 6.07 Å². The van der Waals surface area contributed by atoms with Crippen molar-refractivity contribution < 1.29 is 4.52 Å². The summed E-state index contributed by atoms with van der Waals surface area (Å²) in [5.74, 6) is 0.393. The second-order valence-corrected chi connectivity index (χ2v) is 5.14. The van der Waals surface area contributed by atoms with Crippen molar-refractivity contribution in [2.45, 2.75) is 19.8 Å². The highest BCUT2D eigenvalue weighted by Crippen LogP contribution is 2.28. The Hall–Kier alpha value is -1.55. The Labute approximate surface area is 107 Å². The molecule has 4 heteroatoms. The number of hydrogen-bond acceptors (Lipinski definition) is 4. The Morgan fingerprint density at radius 1 is 1.28 bits per heavy atom. The molecule has 2 aromatic rings. The van der Waals surface area contributed by atoms with Crippen molar-refractivity contribution in [1.29, 1.82) is 0 Å². The Kier molecular flexibility index (Phi) is 2.96. The van der Waals surface area contributed by atoms with E-state index in [-0.39, 0.29) is 0 Å². The first-order valence-corrected chi connectivity index (χ1v) is 6.60. The molecule has 0 atom stereocenters. The highest BCUT2D eigenvalue weighted by molar-refractivity contribution is 5.83. The van der Waals surface area contributed by atoms with E-state index in [0.717, 1.165) is 42.8 Å². The predicted octanol–water partition coefficient (Wildman–Crippen LogP) is 2.36. The summed E-state index contributed by atoms with van der Waals surface area (Å²) in [6.45, 7) is 8.53. The molecule has 1 saturated heterocycles. The summed E-state index contributed by atoms with van der Waals surface area (Å²) in [6, 6.07) is 6.38. The van der Waals surface area contributed by atoms with Gasteiger partial charge in [-0.25, -0.2) is 0 Å². The minimum Gasteiger partial charge on any atom is -0.369 e. The van der Waals surface area contributed by atoms with Crippen LogP contribution in [-0.2, 0) is 0 Å². The lowest BCUT2D eigenvalue weighted by atomic mass is 10.1. The van der Waals surface area contributed by atoms with Gasteiger partial charge in [0.1, 0.15) is 0 Å². The van der Waals surface area contributed by atoms with Gasteiger partial charge in [-0.2, -0.15) is 0 Å². The highest BCUT2D eigenvalue weighted by atomic mass is 16.5. The maximum atomic E-state index is 5.37. The molecule has 4 nitrogen and oxygen atoms in total. The number of anilines is 1. The molecule has 0 radical (unpaired) electrons. The summed E-state index contributed by atoms with van der Waals surface area (Å²) < 4.78 is 5.37. The van der Waals surface area contributed by atoms with Crippen molar-refractivity contribution in [1.82, 2.24) is 10.5 Å². The topological polar surface area (TPSA) is 41.3 Å². The van der Waals surface area contributed by atoms with Crippen LogP contribution in [0.15, 0.2) is 22.7 Å². The van der Waals surface area contributed by atoms with Gasteiger partial charge in [0.2, 0.25) is 0 Å². The van der Waals surface area contributed by atoms with Crippen molar-refractivity contribution in [2.75, 3.05) is 31.1 Å². The summed E-state index contributed by atoms with van der Waals surface area (Å²) in [5.41, 5.74) is 3.22. The average molecular weight is 245 g/mol. The first kappa shape index (κ1) is 11.5. The molecule has 1 aromatic heterocycles. The molecule has 1 aliphatic rings. The number of piperazine rings is 1. The van der Waals surface area contributed by atoms with Crippen molar-refractivity contribution >= 4 is 16.7 Å². The molecule has 96 valence electrons. The first-order valence-electron chi connectivity index (χ1n) is 6.60. The molecule has 0 unspecified atom stereocenters. The van der Waals surface area contributed by atoms with E-state index in [9.17, 15) is 0 Å². The molecule has 0 amide bonds. The molecule has 1 fully saturated rings. The summed E-state index contributed by atoms with van der Waals surface area (Å²) in [5, 5.41) is 8.70. The molecule has 1 aromatic carbocycles. The van der Waals surface area contributed by atoms with E-state index in [1.165, 1.54) is 5.69 Å². The molecule has 0 aliphatic carbocycles. The molecule has 0 saturated carbocycles. The molecule has 3 rings (SSSR count). The largest absolute Gasteiger partial charge is 0.369 e. The van der Waals surface area contributed by atoms with Crippen LogP contribution in [0.3, 0.4) is 0 Å². The summed E-state index contributed by atoms with van der Waals surface area (Å²) in [7, 11) is 0. The van der Waals surface area contributed by atoms with Crippen LogP contribution in [0.2, 0.25) is 0 Å². The number of nitrogens with zero attached hydrogens (tertiary/aromatic N) is 2. The number of fused-ring (bicyclic) bond motifs is 1. The molecular formula is C14H19N3O. The van der Waals surface area contributed by atoms with Crippen LogP contribution in [0.4, 0.5) is 5.69 Å². The highest BCUT2D eigenvalue weighted by Gasteiger charge is 2.15. The van der Waals surface area contributed by atoms with Gasteiger partial charge in [-0.1, -0.05) is 19.0 Å². The van der Waals surface area contributed by atoms with Crippen molar-refractivity contribution in [2.24, 2.45) is 0 Å². The van der Waals surface area contributed by atoms with E-state index in [1.54, 1.807) is 0 Å². The average Bonchev–Trinajstić information content (AvgIpc) is 2.82. The third-order valence-corrected chi connectivity index (χ3v) is 3.51. The van der Waals surface area contributed by atoms with Gasteiger partial charge in [0.25, 0.3) is 0 Å². The lowest BCUT2D eigenvalue weighted by Crippen LogP contribution is -2.43. The number of hydrogen-bond donors (Lipinski definition) is 1. The van der Waals surface area contributed by atoms with E-state index in [2.05, 4.69) is 41.4 Å². The van der Waals surface area contributed by atoms with Gasteiger partial charge in [-0.3, -0.25) is 0 Å². The second kappa shape index (κ2) is 4.61. The quantitative estimate of drug-likeness (QED) is 0.882. The Morgan fingerprint density at radius 3 is 2.78 bits per heavy atom.